The van der Waals surface area contributed by atoms with Gasteiger partial charge in [0.15, 0.2) is 0 Å². The molecule has 0 radical (unpaired) electrons. The minimum absolute atomic E-state index is 0.181. The molecule has 56 valence electrons. The van der Waals surface area contributed by atoms with Crippen LogP contribution in [0.5, 0.6) is 0 Å². The molecule has 3 heteroatoms. The lowest BCUT2D eigenvalue weighted by atomic mass is 10.4. The lowest BCUT2D eigenvalue weighted by molar-refractivity contribution is 0.0300. The maximum absolute atomic E-state index is 5.04. The van der Waals surface area contributed by atoms with Gasteiger partial charge in [0, 0.05) is 20.8 Å². The van der Waals surface area contributed by atoms with Gasteiger partial charge >= 0.3 is 0 Å². The zero-order valence-electron chi connectivity index (χ0n) is 6.31. The summed E-state index contributed by atoms with van der Waals surface area (Å²) < 4.78 is 9.93. The summed E-state index contributed by atoms with van der Waals surface area (Å²) in [5.41, 5.74) is 0. The second kappa shape index (κ2) is 6.01. The normalized spacial score (nSPS) is 13.7. The van der Waals surface area contributed by atoms with Gasteiger partial charge in [-0.2, -0.15) is 0 Å². The predicted octanol–water partition coefficient (Wildman–Crippen LogP) is -0.133. The van der Waals surface area contributed by atoms with E-state index in [0.29, 0.717) is 6.61 Å². The highest BCUT2D eigenvalue weighted by molar-refractivity contribution is 4.56. The SMILES string of the molecule is CNC[C@H](COC)OC. The first-order valence-electron chi connectivity index (χ1n) is 3.01. The van der Waals surface area contributed by atoms with Crippen LogP contribution in [-0.4, -0.2) is 40.5 Å². The number of likely N-dealkylation sites (N-methyl/N-ethyl adjacent to an activating group) is 1. The highest BCUT2D eigenvalue weighted by atomic mass is 16.5. The summed E-state index contributed by atoms with van der Waals surface area (Å²) >= 11 is 0. The van der Waals surface area contributed by atoms with Crippen molar-refractivity contribution in [3.05, 3.63) is 0 Å². The van der Waals surface area contributed by atoms with Crippen molar-refractivity contribution in [2.75, 3.05) is 34.4 Å². The molecule has 0 spiro atoms. The van der Waals surface area contributed by atoms with Crippen LogP contribution in [0.1, 0.15) is 0 Å². The lowest BCUT2D eigenvalue weighted by Gasteiger charge is -2.12. The second-order valence-corrected chi connectivity index (χ2v) is 1.87. The van der Waals surface area contributed by atoms with E-state index in [-0.39, 0.29) is 6.10 Å². The van der Waals surface area contributed by atoms with Gasteiger partial charge in [-0.1, -0.05) is 0 Å². The van der Waals surface area contributed by atoms with Crippen molar-refractivity contribution in [1.82, 2.24) is 5.32 Å². The average molecular weight is 133 g/mol. The van der Waals surface area contributed by atoms with Crippen molar-refractivity contribution in [3.63, 3.8) is 0 Å². The molecule has 0 rings (SSSR count). The lowest BCUT2D eigenvalue weighted by Crippen LogP contribution is -2.29. The zero-order chi connectivity index (χ0) is 7.11. The third kappa shape index (κ3) is 4.39. The van der Waals surface area contributed by atoms with E-state index in [4.69, 9.17) is 9.47 Å². The van der Waals surface area contributed by atoms with Crippen LogP contribution in [0.15, 0.2) is 0 Å². The summed E-state index contributed by atoms with van der Waals surface area (Å²) in [7, 11) is 5.24. The molecular formula is C6H15NO2. The zero-order valence-corrected chi connectivity index (χ0v) is 6.31. The second-order valence-electron chi connectivity index (χ2n) is 1.87. The van der Waals surface area contributed by atoms with Gasteiger partial charge < -0.3 is 14.8 Å². The Labute approximate surface area is 56.3 Å². The molecule has 0 aromatic carbocycles. The highest BCUT2D eigenvalue weighted by Crippen LogP contribution is 1.86. The van der Waals surface area contributed by atoms with Crippen molar-refractivity contribution < 1.29 is 9.47 Å². The summed E-state index contributed by atoms with van der Waals surface area (Å²) in [5, 5.41) is 3.00. The Morgan fingerprint density at radius 1 is 1.44 bits per heavy atom. The van der Waals surface area contributed by atoms with Crippen LogP contribution in [-0.2, 0) is 9.47 Å². The van der Waals surface area contributed by atoms with Gasteiger partial charge in [0.05, 0.1) is 12.7 Å². The Morgan fingerprint density at radius 3 is 2.44 bits per heavy atom. The van der Waals surface area contributed by atoms with Gasteiger partial charge in [-0.3, -0.25) is 0 Å². The summed E-state index contributed by atoms with van der Waals surface area (Å²) in [6, 6.07) is 0. The first-order valence-corrected chi connectivity index (χ1v) is 3.01. The number of rotatable bonds is 5. The molecule has 0 aromatic rings. The van der Waals surface area contributed by atoms with E-state index in [0.717, 1.165) is 6.54 Å². The monoisotopic (exact) mass is 133 g/mol. The van der Waals surface area contributed by atoms with Gasteiger partial charge in [0.2, 0.25) is 0 Å². The van der Waals surface area contributed by atoms with E-state index in [1.807, 2.05) is 7.05 Å². The smallest absolute Gasteiger partial charge is 0.0928 e. The predicted molar refractivity (Wildman–Crippen MR) is 36.6 cm³/mol. The molecule has 0 saturated carbocycles. The summed E-state index contributed by atoms with van der Waals surface area (Å²) in [6.07, 6.45) is 0.181. The third-order valence-electron chi connectivity index (χ3n) is 1.12. The van der Waals surface area contributed by atoms with Crippen molar-refractivity contribution in [1.29, 1.82) is 0 Å². The number of ether oxygens (including phenoxy) is 2. The van der Waals surface area contributed by atoms with E-state index in [1.54, 1.807) is 14.2 Å². The van der Waals surface area contributed by atoms with Gasteiger partial charge in [0.25, 0.3) is 0 Å². The van der Waals surface area contributed by atoms with E-state index < -0.39 is 0 Å². The maximum Gasteiger partial charge on any atom is 0.0928 e. The molecule has 0 unspecified atom stereocenters. The third-order valence-corrected chi connectivity index (χ3v) is 1.12. The van der Waals surface area contributed by atoms with Gasteiger partial charge in [-0.25, -0.2) is 0 Å². The maximum atomic E-state index is 5.04. The molecule has 0 aliphatic carbocycles. The molecule has 0 saturated heterocycles. The fraction of sp³-hybridized carbons (Fsp3) is 1.00. The Hall–Kier alpha value is -0.120. The Balaban J connectivity index is 3.18. The quantitative estimate of drug-likeness (QED) is 0.566. The number of methoxy groups -OCH3 is 2. The summed E-state index contributed by atoms with van der Waals surface area (Å²) in [6.45, 7) is 1.49. The highest BCUT2D eigenvalue weighted by Gasteiger charge is 2.02. The molecule has 1 N–H and O–H groups in total. The van der Waals surface area contributed by atoms with Crippen LogP contribution in [0, 0.1) is 0 Å². The molecule has 0 amide bonds. The average Bonchev–Trinajstić information content (AvgIpc) is 1.88. The van der Waals surface area contributed by atoms with E-state index in [9.17, 15) is 0 Å². The first kappa shape index (κ1) is 8.88. The van der Waals surface area contributed by atoms with Crippen molar-refractivity contribution in [3.8, 4) is 0 Å². The molecule has 3 nitrogen and oxygen atoms in total. The minimum Gasteiger partial charge on any atom is -0.382 e. The largest absolute Gasteiger partial charge is 0.382 e. The molecule has 0 fully saturated rings. The molecule has 1 atom stereocenters. The van der Waals surface area contributed by atoms with E-state index in [2.05, 4.69) is 5.32 Å². The van der Waals surface area contributed by atoms with Gasteiger partial charge in [-0.15, -0.1) is 0 Å². The fourth-order valence-corrected chi connectivity index (χ4v) is 0.624. The van der Waals surface area contributed by atoms with Crippen molar-refractivity contribution >= 4 is 0 Å². The summed E-state index contributed by atoms with van der Waals surface area (Å²) in [5.74, 6) is 0. The minimum atomic E-state index is 0.181. The standard InChI is InChI=1S/C6H15NO2/c1-7-4-6(9-3)5-8-2/h6-7H,4-5H2,1-3H3/t6-/m1/s1. The van der Waals surface area contributed by atoms with Gasteiger partial charge in [0.1, 0.15) is 0 Å². The molecular weight excluding hydrogens is 118 g/mol. The molecule has 0 aliphatic heterocycles. The van der Waals surface area contributed by atoms with Crippen LogP contribution < -0.4 is 5.32 Å². The first-order chi connectivity index (χ1) is 4.35. The molecule has 0 aliphatic rings. The van der Waals surface area contributed by atoms with Crippen molar-refractivity contribution in [2.24, 2.45) is 0 Å². The topological polar surface area (TPSA) is 30.5 Å². The Bertz CT molecular complexity index is 53.0. The Morgan fingerprint density at radius 2 is 2.11 bits per heavy atom. The molecule has 0 bridgehead atoms. The van der Waals surface area contributed by atoms with Crippen LogP contribution in [0.25, 0.3) is 0 Å². The van der Waals surface area contributed by atoms with Crippen LogP contribution in [0.3, 0.4) is 0 Å². The van der Waals surface area contributed by atoms with E-state index in [1.165, 1.54) is 0 Å². The van der Waals surface area contributed by atoms with Crippen molar-refractivity contribution in [2.45, 2.75) is 6.10 Å². The Kier molecular flexibility index (Phi) is 5.93. The summed E-state index contributed by atoms with van der Waals surface area (Å²) in [4.78, 5) is 0. The molecule has 9 heavy (non-hydrogen) atoms. The number of hydrogen-bond acceptors (Lipinski definition) is 3. The molecule has 0 aromatic heterocycles. The van der Waals surface area contributed by atoms with Crippen LogP contribution in [0.4, 0.5) is 0 Å². The van der Waals surface area contributed by atoms with Gasteiger partial charge in [-0.05, 0) is 7.05 Å². The van der Waals surface area contributed by atoms with E-state index >= 15 is 0 Å². The number of nitrogens with one attached hydrogen (secondary N) is 1. The molecule has 0 heterocycles. The van der Waals surface area contributed by atoms with Crippen LogP contribution in [0.2, 0.25) is 0 Å². The van der Waals surface area contributed by atoms with Crippen LogP contribution >= 0.6 is 0 Å². The number of hydrogen-bond donors (Lipinski definition) is 1. The fourth-order valence-electron chi connectivity index (χ4n) is 0.624.